The number of rotatable bonds is 1. The van der Waals surface area contributed by atoms with Crippen LogP contribution in [-0.4, -0.2) is 18.0 Å². The molecule has 1 heterocycles. The first-order chi connectivity index (χ1) is 8.37. The van der Waals surface area contributed by atoms with Gasteiger partial charge >= 0.3 is 0 Å². The third kappa shape index (κ3) is 1.57. The van der Waals surface area contributed by atoms with Crippen LogP contribution in [0.5, 0.6) is 0 Å². The van der Waals surface area contributed by atoms with Gasteiger partial charge in [0.15, 0.2) is 0 Å². The second-order valence-corrected chi connectivity index (χ2v) is 5.18. The second kappa shape index (κ2) is 4.16. The van der Waals surface area contributed by atoms with E-state index in [4.69, 9.17) is 0 Å². The molecule has 0 N–H and O–H groups in total. The molecule has 1 aliphatic carbocycles. The zero-order valence-corrected chi connectivity index (χ0v) is 10.2. The summed E-state index contributed by atoms with van der Waals surface area (Å²) in [6.07, 6.45) is 5.76. The van der Waals surface area contributed by atoms with Crippen molar-refractivity contribution in [2.75, 3.05) is 13.1 Å². The lowest BCUT2D eigenvalue weighted by Crippen LogP contribution is -2.45. The molecular formula is C15H18N2. The first-order valence-electron chi connectivity index (χ1n) is 6.61. The smallest absolute Gasteiger partial charge is 0.135 e. The summed E-state index contributed by atoms with van der Waals surface area (Å²) < 4.78 is 0. The van der Waals surface area contributed by atoms with Gasteiger partial charge in [-0.1, -0.05) is 24.3 Å². The average molecular weight is 226 g/mol. The molecule has 2 nitrogen and oxygen atoms in total. The molecule has 1 saturated heterocycles. The van der Waals surface area contributed by atoms with Crippen LogP contribution in [0.15, 0.2) is 24.3 Å². The van der Waals surface area contributed by atoms with Crippen LogP contribution >= 0.6 is 0 Å². The molecule has 1 atom stereocenters. The highest BCUT2D eigenvalue weighted by molar-refractivity contribution is 5.41. The van der Waals surface area contributed by atoms with Gasteiger partial charge in [0.2, 0.25) is 0 Å². The molecule has 0 saturated carbocycles. The largest absolute Gasteiger partial charge is 0.282 e. The van der Waals surface area contributed by atoms with Gasteiger partial charge in [-0.15, -0.1) is 0 Å². The van der Waals surface area contributed by atoms with Gasteiger partial charge in [-0.2, -0.15) is 5.26 Å². The van der Waals surface area contributed by atoms with E-state index in [9.17, 15) is 5.26 Å². The van der Waals surface area contributed by atoms with Crippen molar-refractivity contribution in [3.05, 3.63) is 35.4 Å². The lowest BCUT2D eigenvalue weighted by Gasteiger charge is -2.40. The summed E-state index contributed by atoms with van der Waals surface area (Å²) >= 11 is 0. The highest BCUT2D eigenvalue weighted by Crippen LogP contribution is 2.41. The van der Waals surface area contributed by atoms with Crippen LogP contribution in [0.4, 0.5) is 0 Å². The van der Waals surface area contributed by atoms with E-state index in [0.29, 0.717) is 0 Å². The summed E-state index contributed by atoms with van der Waals surface area (Å²) in [7, 11) is 0. The Balaban J connectivity index is 2.09. The van der Waals surface area contributed by atoms with E-state index in [-0.39, 0.29) is 5.54 Å². The van der Waals surface area contributed by atoms with Gasteiger partial charge in [0.1, 0.15) is 5.54 Å². The third-order valence-corrected chi connectivity index (χ3v) is 4.28. The summed E-state index contributed by atoms with van der Waals surface area (Å²) in [6, 6.07) is 11.2. The predicted molar refractivity (Wildman–Crippen MR) is 67.5 cm³/mol. The van der Waals surface area contributed by atoms with Gasteiger partial charge in [0.25, 0.3) is 0 Å². The van der Waals surface area contributed by atoms with Gasteiger partial charge < -0.3 is 0 Å². The molecule has 1 aromatic carbocycles. The summed E-state index contributed by atoms with van der Waals surface area (Å²) in [5.41, 5.74) is 2.33. The first kappa shape index (κ1) is 10.8. The van der Waals surface area contributed by atoms with E-state index in [2.05, 4.69) is 35.2 Å². The molecule has 2 heteroatoms. The summed E-state index contributed by atoms with van der Waals surface area (Å²) in [5.74, 6) is 0. The van der Waals surface area contributed by atoms with E-state index < -0.39 is 0 Å². The average Bonchev–Trinajstić information content (AvgIpc) is 2.92. The zero-order valence-electron chi connectivity index (χ0n) is 10.2. The van der Waals surface area contributed by atoms with Gasteiger partial charge in [-0.25, -0.2) is 0 Å². The quantitative estimate of drug-likeness (QED) is 0.736. The summed E-state index contributed by atoms with van der Waals surface area (Å²) in [4.78, 5) is 2.41. The minimum absolute atomic E-state index is 0.328. The number of likely N-dealkylation sites (tertiary alicyclic amines) is 1. The molecule has 0 amide bonds. The Morgan fingerprint density at radius 2 is 1.88 bits per heavy atom. The first-order valence-corrected chi connectivity index (χ1v) is 6.61. The number of aryl methyl sites for hydroxylation is 1. The Kier molecular flexibility index (Phi) is 2.64. The molecular weight excluding hydrogens is 208 g/mol. The monoisotopic (exact) mass is 226 g/mol. The number of hydrogen-bond donors (Lipinski definition) is 0. The molecule has 88 valence electrons. The molecule has 1 aromatic rings. The minimum Gasteiger partial charge on any atom is -0.282 e. The van der Waals surface area contributed by atoms with E-state index in [1.165, 1.54) is 24.0 Å². The Morgan fingerprint density at radius 3 is 2.65 bits per heavy atom. The fraction of sp³-hybridized carbons (Fsp3) is 0.533. The lowest BCUT2D eigenvalue weighted by molar-refractivity contribution is 0.151. The highest BCUT2D eigenvalue weighted by atomic mass is 15.2. The molecule has 0 radical (unpaired) electrons. The van der Waals surface area contributed by atoms with Gasteiger partial charge in [-0.3, -0.25) is 4.90 Å². The summed E-state index contributed by atoms with van der Waals surface area (Å²) in [6.45, 7) is 2.17. The number of nitriles is 1. The van der Waals surface area contributed by atoms with Crippen molar-refractivity contribution in [1.82, 2.24) is 4.90 Å². The van der Waals surface area contributed by atoms with Crippen LogP contribution in [0.25, 0.3) is 0 Å². The van der Waals surface area contributed by atoms with E-state index in [1.54, 1.807) is 0 Å². The molecule has 1 fully saturated rings. The zero-order chi connectivity index (χ0) is 11.7. The van der Waals surface area contributed by atoms with E-state index >= 15 is 0 Å². The Labute approximate surface area is 103 Å². The van der Waals surface area contributed by atoms with Gasteiger partial charge in [-0.05, 0) is 43.2 Å². The highest BCUT2D eigenvalue weighted by Gasteiger charge is 2.42. The fourth-order valence-electron chi connectivity index (χ4n) is 3.43. The SMILES string of the molecule is N#CC1(N2CCCC2)CCCc2ccccc21. The van der Waals surface area contributed by atoms with Crippen molar-refractivity contribution in [3.8, 4) is 6.07 Å². The van der Waals surface area contributed by atoms with Crippen LogP contribution in [0.2, 0.25) is 0 Å². The van der Waals surface area contributed by atoms with Crippen molar-refractivity contribution in [1.29, 1.82) is 5.26 Å². The number of nitrogens with zero attached hydrogens (tertiary/aromatic N) is 2. The molecule has 1 aliphatic heterocycles. The van der Waals surface area contributed by atoms with Crippen LogP contribution in [0.3, 0.4) is 0 Å². The van der Waals surface area contributed by atoms with Gasteiger partial charge in [0, 0.05) is 13.1 Å². The normalized spacial score (nSPS) is 28.6. The molecule has 0 bridgehead atoms. The minimum atomic E-state index is -0.328. The van der Waals surface area contributed by atoms with E-state index in [0.717, 1.165) is 32.4 Å². The van der Waals surface area contributed by atoms with Crippen molar-refractivity contribution in [2.45, 2.75) is 37.6 Å². The van der Waals surface area contributed by atoms with Crippen molar-refractivity contribution in [2.24, 2.45) is 0 Å². The number of fused-ring (bicyclic) bond motifs is 1. The Hall–Kier alpha value is -1.33. The molecule has 0 aromatic heterocycles. The molecule has 1 unspecified atom stereocenters. The fourth-order valence-corrected chi connectivity index (χ4v) is 3.43. The lowest BCUT2D eigenvalue weighted by atomic mass is 9.76. The van der Waals surface area contributed by atoms with Gasteiger partial charge in [0.05, 0.1) is 6.07 Å². The van der Waals surface area contributed by atoms with E-state index in [1.807, 2.05) is 0 Å². The standard InChI is InChI=1S/C15H18N2/c16-12-15(17-10-3-4-11-17)9-5-7-13-6-1-2-8-14(13)15/h1-2,6,8H,3-5,7,9-11H2. The molecule has 3 rings (SSSR count). The maximum absolute atomic E-state index is 9.76. The van der Waals surface area contributed by atoms with Crippen LogP contribution in [-0.2, 0) is 12.0 Å². The van der Waals surface area contributed by atoms with Crippen molar-refractivity contribution >= 4 is 0 Å². The maximum atomic E-state index is 9.76. The topological polar surface area (TPSA) is 27.0 Å². The van der Waals surface area contributed by atoms with Crippen molar-refractivity contribution in [3.63, 3.8) is 0 Å². The van der Waals surface area contributed by atoms with Crippen LogP contribution in [0.1, 0.15) is 36.8 Å². The van der Waals surface area contributed by atoms with Crippen LogP contribution < -0.4 is 0 Å². The molecule has 2 aliphatic rings. The summed E-state index contributed by atoms with van der Waals surface area (Å²) in [5, 5.41) is 9.76. The number of benzene rings is 1. The third-order valence-electron chi connectivity index (χ3n) is 4.28. The maximum Gasteiger partial charge on any atom is 0.135 e. The second-order valence-electron chi connectivity index (χ2n) is 5.18. The Bertz CT molecular complexity index is 454. The van der Waals surface area contributed by atoms with Crippen molar-refractivity contribution < 1.29 is 0 Å². The Morgan fingerprint density at radius 1 is 1.12 bits per heavy atom. The molecule has 17 heavy (non-hydrogen) atoms. The predicted octanol–water partition coefficient (Wildman–Crippen LogP) is 2.84. The number of hydrogen-bond acceptors (Lipinski definition) is 2. The van der Waals surface area contributed by atoms with Crippen LogP contribution in [0, 0.1) is 11.3 Å². The molecule has 0 spiro atoms.